The van der Waals surface area contributed by atoms with Crippen LogP contribution in [-0.4, -0.2) is 35.0 Å². The Hall–Kier alpha value is -5.33. The van der Waals surface area contributed by atoms with E-state index in [1.165, 1.54) is 19.2 Å². The Morgan fingerprint density at radius 2 is 1.61 bits per heavy atom. The Labute approximate surface area is 230 Å². The quantitative estimate of drug-likeness (QED) is 0.291. The van der Waals surface area contributed by atoms with Crippen molar-refractivity contribution in [3.63, 3.8) is 0 Å². The van der Waals surface area contributed by atoms with Gasteiger partial charge in [-0.1, -0.05) is 54.6 Å². The van der Waals surface area contributed by atoms with E-state index in [0.717, 1.165) is 16.7 Å². The van der Waals surface area contributed by atoms with Crippen molar-refractivity contribution < 1.29 is 32.2 Å². The minimum absolute atomic E-state index is 0.00802. The number of aromatic amines is 1. The third-order valence-corrected chi connectivity index (χ3v) is 5.83. The number of H-pyrrole nitrogens is 1. The zero-order valence-corrected chi connectivity index (χ0v) is 21.5. The van der Waals surface area contributed by atoms with E-state index in [1.807, 2.05) is 0 Å². The molecule has 13 heteroatoms. The lowest BCUT2D eigenvalue weighted by molar-refractivity contribution is -0.274. The predicted octanol–water partition coefficient (Wildman–Crippen LogP) is 4.26. The molecule has 1 heterocycles. The molecule has 2 amide bonds. The molecule has 0 atom stereocenters. The highest BCUT2D eigenvalue weighted by atomic mass is 19.4. The van der Waals surface area contributed by atoms with E-state index in [4.69, 9.17) is 0 Å². The number of carbonyl (C=O) groups excluding carboxylic acids is 2. The van der Waals surface area contributed by atoms with Gasteiger partial charge in [-0.2, -0.15) is 0 Å². The summed E-state index contributed by atoms with van der Waals surface area (Å²) < 4.78 is 49.1. The van der Waals surface area contributed by atoms with Crippen LogP contribution < -0.4 is 26.6 Å². The molecule has 0 aliphatic carbocycles. The molecule has 0 aliphatic rings. The highest BCUT2D eigenvalue weighted by molar-refractivity contribution is 5.92. The number of methoxy groups -OCH3 is 1. The molecular formula is C28H23F3N4O6. The molecule has 4 aromatic rings. The molecule has 1 aromatic heterocycles. The molecule has 41 heavy (non-hydrogen) atoms. The van der Waals surface area contributed by atoms with Gasteiger partial charge in [-0.05, 0) is 34.9 Å². The molecule has 3 aromatic carbocycles. The Kier molecular flexibility index (Phi) is 8.56. The summed E-state index contributed by atoms with van der Waals surface area (Å²) >= 11 is 0. The lowest BCUT2D eigenvalue weighted by Gasteiger charge is -2.16. The average Bonchev–Trinajstić information content (AvgIpc) is 2.94. The Morgan fingerprint density at radius 1 is 0.927 bits per heavy atom. The van der Waals surface area contributed by atoms with Crippen molar-refractivity contribution in [2.24, 2.45) is 0 Å². The molecule has 3 N–H and O–H groups in total. The Balaban J connectivity index is 1.52. The fourth-order valence-electron chi connectivity index (χ4n) is 3.84. The van der Waals surface area contributed by atoms with Crippen LogP contribution in [0.3, 0.4) is 0 Å². The first-order valence-electron chi connectivity index (χ1n) is 12.0. The molecular weight excluding hydrogens is 545 g/mol. The third kappa shape index (κ3) is 7.62. The molecule has 0 spiro atoms. The van der Waals surface area contributed by atoms with Crippen LogP contribution in [0.2, 0.25) is 0 Å². The number of hydrogen-bond acceptors (Lipinski definition) is 6. The van der Waals surface area contributed by atoms with Crippen LogP contribution in [0.25, 0.3) is 11.1 Å². The summed E-state index contributed by atoms with van der Waals surface area (Å²) in [6.45, 7) is -0.409. The van der Waals surface area contributed by atoms with Crippen LogP contribution >= 0.6 is 0 Å². The normalized spacial score (nSPS) is 11.0. The second kappa shape index (κ2) is 12.2. The maximum atomic E-state index is 13.2. The van der Waals surface area contributed by atoms with E-state index in [0.29, 0.717) is 22.4 Å². The smallest absolute Gasteiger partial charge is 0.453 e. The largest absolute Gasteiger partial charge is 0.573 e. The minimum atomic E-state index is -5.01. The van der Waals surface area contributed by atoms with Crippen LogP contribution in [0, 0.1) is 0 Å². The summed E-state index contributed by atoms with van der Waals surface area (Å²) in [7, 11) is 1.21. The molecule has 0 saturated carbocycles. The van der Waals surface area contributed by atoms with E-state index < -0.39 is 41.9 Å². The molecule has 10 nitrogen and oxygen atoms in total. The first-order valence-corrected chi connectivity index (χ1v) is 12.0. The fraction of sp³-hybridized carbons (Fsp3) is 0.143. The number of nitrogens with one attached hydrogen (secondary N) is 3. The summed E-state index contributed by atoms with van der Waals surface area (Å²) in [5.41, 5.74) is 0.116. The zero-order valence-electron chi connectivity index (χ0n) is 21.5. The van der Waals surface area contributed by atoms with Gasteiger partial charge in [0.15, 0.2) is 0 Å². The topological polar surface area (TPSA) is 132 Å². The number of rotatable bonds is 8. The van der Waals surface area contributed by atoms with Crippen molar-refractivity contribution in [1.29, 1.82) is 0 Å². The maximum absolute atomic E-state index is 13.2. The van der Waals surface area contributed by atoms with Crippen molar-refractivity contribution in [3.05, 3.63) is 117 Å². The molecule has 212 valence electrons. The number of halogens is 3. The average molecular weight is 569 g/mol. The number of carbonyl (C=O) groups is 2. The van der Waals surface area contributed by atoms with Gasteiger partial charge in [-0.3, -0.25) is 19.5 Å². The van der Waals surface area contributed by atoms with Gasteiger partial charge in [-0.25, -0.2) is 9.59 Å². The SMILES string of the molecule is COC(=O)Nc1ccc(-c2ccc(CNC(=O)c3cc(=O)n(Cc4ccccc4)c(=O)[nH]3)c(OC(F)(F)F)c2)cc1. The molecule has 0 radical (unpaired) electrons. The second-order valence-electron chi connectivity index (χ2n) is 8.65. The van der Waals surface area contributed by atoms with Gasteiger partial charge in [0, 0.05) is 23.9 Å². The van der Waals surface area contributed by atoms with Crippen molar-refractivity contribution in [2.45, 2.75) is 19.5 Å². The third-order valence-electron chi connectivity index (χ3n) is 5.83. The van der Waals surface area contributed by atoms with Crippen molar-refractivity contribution >= 4 is 17.7 Å². The number of ether oxygens (including phenoxy) is 2. The van der Waals surface area contributed by atoms with Gasteiger partial charge in [0.05, 0.1) is 13.7 Å². The van der Waals surface area contributed by atoms with E-state index in [1.54, 1.807) is 54.6 Å². The summed E-state index contributed by atoms with van der Waals surface area (Å²) in [6.07, 6.45) is -5.69. The number of benzene rings is 3. The number of alkyl halides is 3. The van der Waals surface area contributed by atoms with E-state index in [-0.39, 0.29) is 17.8 Å². The van der Waals surface area contributed by atoms with Crippen molar-refractivity contribution in [2.75, 3.05) is 12.4 Å². The molecule has 0 fully saturated rings. The molecule has 0 aliphatic heterocycles. The van der Waals surface area contributed by atoms with Gasteiger partial charge in [0.1, 0.15) is 11.4 Å². The lowest BCUT2D eigenvalue weighted by atomic mass is 10.0. The van der Waals surface area contributed by atoms with Gasteiger partial charge in [0.25, 0.3) is 11.5 Å². The zero-order chi connectivity index (χ0) is 29.6. The van der Waals surface area contributed by atoms with Gasteiger partial charge < -0.3 is 19.8 Å². The van der Waals surface area contributed by atoms with Crippen LogP contribution in [0.1, 0.15) is 21.6 Å². The summed E-state index contributed by atoms with van der Waals surface area (Å²) in [5, 5.41) is 4.86. The van der Waals surface area contributed by atoms with E-state index >= 15 is 0 Å². The van der Waals surface area contributed by atoms with Gasteiger partial charge >= 0.3 is 18.1 Å². The van der Waals surface area contributed by atoms with Crippen LogP contribution in [-0.2, 0) is 17.8 Å². The highest BCUT2D eigenvalue weighted by Crippen LogP contribution is 2.32. The number of hydrogen-bond donors (Lipinski definition) is 3. The first-order chi connectivity index (χ1) is 19.5. The summed E-state index contributed by atoms with van der Waals surface area (Å²) in [4.78, 5) is 51.3. The molecule has 0 saturated heterocycles. The summed E-state index contributed by atoms with van der Waals surface area (Å²) in [5.74, 6) is -1.43. The van der Waals surface area contributed by atoms with E-state index in [2.05, 4.69) is 25.1 Å². The Morgan fingerprint density at radius 3 is 2.24 bits per heavy atom. The molecule has 0 bridgehead atoms. The monoisotopic (exact) mass is 568 g/mol. The molecule has 4 rings (SSSR count). The van der Waals surface area contributed by atoms with Crippen molar-refractivity contribution in [1.82, 2.24) is 14.9 Å². The lowest BCUT2D eigenvalue weighted by Crippen LogP contribution is -2.38. The fourth-order valence-corrected chi connectivity index (χ4v) is 3.84. The highest BCUT2D eigenvalue weighted by Gasteiger charge is 2.32. The standard InChI is InChI=1S/C28H23F3N4O6/c1-40-27(39)33-21-11-9-18(10-12-21)19-7-8-20(23(13-19)41-28(29,30)31)15-32-25(37)22-14-24(36)35(26(38)34-22)16-17-5-3-2-4-6-17/h2-14H,15-16H2,1H3,(H,32,37)(H,33,39)(H,34,38). The predicted molar refractivity (Wildman–Crippen MR) is 143 cm³/mol. The van der Waals surface area contributed by atoms with Gasteiger partial charge in [0.2, 0.25) is 0 Å². The molecule has 0 unspecified atom stereocenters. The van der Waals surface area contributed by atoms with Crippen LogP contribution in [0.4, 0.5) is 23.7 Å². The Bertz CT molecular complexity index is 1630. The number of nitrogens with zero attached hydrogens (tertiary/aromatic N) is 1. The van der Waals surface area contributed by atoms with E-state index in [9.17, 15) is 32.3 Å². The number of aromatic nitrogens is 2. The summed E-state index contributed by atoms with van der Waals surface area (Å²) in [6, 6.07) is 20.0. The number of anilines is 1. The second-order valence-corrected chi connectivity index (χ2v) is 8.65. The minimum Gasteiger partial charge on any atom is -0.453 e. The van der Waals surface area contributed by atoms with Gasteiger partial charge in [-0.15, -0.1) is 13.2 Å². The maximum Gasteiger partial charge on any atom is 0.573 e. The van der Waals surface area contributed by atoms with Crippen LogP contribution in [0.15, 0.2) is 88.5 Å². The number of amides is 2. The first kappa shape index (κ1) is 28.7. The van der Waals surface area contributed by atoms with Crippen molar-refractivity contribution in [3.8, 4) is 16.9 Å². The van der Waals surface area contributed by atoms with Crippen LogP contribution in [0.5, 0.6) is 5.75 Å².